The van der Waals surface area contributed by atoms with Crippen molar-refractivity contribution in [3.05, 3.63) is 41.8 Å². The van der Waals surface area contributed by atoms with Crippen LogP contribution in [0.1, 0.15) is 12.5 Å². The Morgan fingerprint density at radius 2 is 2.12 bits per heavy atom. The second-order valence-electron chi connectivity index (χ2n) is 3.56. The van der Waals surface area contributed by atoms with E-state index < -0.39 is 5.82 Å². The summed E-state index contributed by atoms with van der Waals surface area (Å²) in [5.74, 6) is -0.383. The van der Waals surface area contributed by atoms with Crippen molar-refractivity contribution < 1.29 is 4.39 Å². The fourth-order valence-electron chi connectivity index (χ4n) is 1.55. The monoisotopic (exact) mass is 232 g/mol. The Morgan fingerprint density at radius 1 is 1.35 bits per heavy atom. The van der Waals surface area contributed by atoms with Gasteiger partial charge in [0.05, 0.1) is 6.20 Å². The molecule has 0 spiro atoms. The number of para-hydroxylation sites is 1. The standard InChI is InChI=1S/C12H13FN4/c1-2-8-5-3-4-6-10(8)16-11-9(13)7-15-12(14)17-11/h3-7H,2H2,1H3,(H3,14,15,16,17). The summed E-state index contributed by atoms with van der Waals surface area (Å²) in [6.07, 6.45) is 1.91. The van der Waals surface area contributed by atoms with E-state index in [0.29, 0.717) is 0 Å². The molecule has 2 rings (SSSR count). The summed E-state index contributed by atoms with van der Waals surface area (Å²) in [5.41, 5.74) is 7.34. The summed E-state index contributed by atoms with van der Waals surface area (Å²) in [7, 11) is 0. The molecule has 5 heteroatoms. The van der Waals surface area contributed by atoms with Crippen LogP contribution in [-0.2, 0) is 6.42 Å². The highest BCUT2D eigenvalue weighted by molar-refractivity contribution is 5.61. The molecular weight excluding hydrogens is 219 g/mol. The minimum Gasteiger partial charge on any atom is -0.368 e. The maximum atomic E-state index is 13.4. The SMILES string of the molecule is CCc1ccccc1Nc1nc(N)ncc1F. The zero-order chi connectivity index (χ0) is 12.3. The fourth-order valence-corrected chi connectivity index (χ4v) is 1.55. The quantitative estimate of drug-likeness (QED) is 0.853. The topological polar surface area (TPSA) is 63.8 Å². The third-order valence-electron chi connectivity index (χ3n) is 2.41. The number of aryl methyl sites for hydroxylation is 1. The smallest absolute Gasteiger partial charge is 0.222 e. The molecule has 3 N–H and O–H groups in total. The van der Waals surface area contributed by atoms with Gasteiger partial charge in [0.2, 0.25) is 5.95 Å². The summed E-state index contributed by atoms with van der Waals surface area (Å²) >= 11 is 0. The second-order valence-corrected chi connectivity index (χ2v) is 3.56. The molecule has 0 aliphatic rings. The van der Waals surface area contributed by atoms with Crippen LogP contribution in [0.3, 0.4) is 0 Å². The Kier molecular flexibility index (Phi) is 3.18. The van der Waals surface area contributed by atoms with Gasteiger partial charge in [-0.1, -0.05) is 25.1 Å². The number of aromatic nitrogens is 2. The van der Waals surface area contributed by atoms with E-state index in [1.807, 2.05) is 31.2 Å². The first kappa shape index (κ1) is 11.3. The van der Waals surface area contributed by atoms with E-state index in [9.17, 15) is 4.39 Å². The number of halogens is 1. The van der Waals surface area contributed by atoms with E-state index in [0.717, 1.165) is 23.9 Å². The molecule has 1 aromatic carbocycles. The third-order valence-corrected chi connectivity index (χ3v) is 2.41. The highest BCUT2D eigenvalue weighted by Gasteiger charge is 2.07. The van der Waals surface area contributed by atoms with Crippen LogP contribution in [-0.4, -0.2) is 9.97 Å². The van der Waals surface area contributed by atoms with E-state index in [2.05, 4.69) is 15.3 Å². The molecule has 17 heavy (non-hydrogen) atoms. The number of rotatable bonds is 3. The molecule has 0 aliphatic carbocycles. The number of benzene rings is 1. The minimum absolute atomic E-state index is 0.0443. The number of hydrogen-bond acceptors (Lipinski definition) is 4. The van der Waals surface area contributed by atoms with E-state index in [1.54, 1.807) is 0 Å². The molecule has 0 fully saturated rings. The zero-order valence-electron chi connectivity index (χ0n) is 9.44. The Bertz CT molecular complexity index is 528. The van der Waals surface area contributed by atoms with Crippen LogP contribution in [0.15, 0.2) is 30.5 Å². The summed E-state index contributed by atoms with van der Waals surface area (Å²) in [5, 5.41) is 2.93. The third kappa shape index (κ3) is 2.50. The Labute approximate surface area is 98.7 Å². The van der Waals surface area contributed by atoms with Crippen molar-refractivity contribution in [1.82, 2.24) is 9.97 Å². The minimum atomic E-state index is -0.523. The zero-order valence-corrected chi connectivity index (χ0v) is 9.44. The van der Waals surface area contributed by atoms with Gasteiger partial charge >= 0.3 is 0 Å². The van der Waals surface area contributed by atoms with Crippen LogP contribution < -0.4 is 11.1 Å². The molecule has 1 heterocycles. The van der Waals surface area contributed by atoms with Crippen LogP contribution >= 0.6 is 0 Å². The van der Waals surface area contributed by atoms with Gasteiger partial charge in [-0.05, 0) is 18.1 Å². The molecule has 2 aromatic rings. The van der Waals surface area contributed by atoms with Gasteiger partial charge in [-0.2, -0.15) is 4.98 Å². The lowest BCUT2D eigenvalue weighted by atomic mass is 10.1. The molecule has 0 radical (unpaired) electrons. The predicted octanol–water partition coefficient (Wildman–Crippen LogP) is 2.50. The molecule has 0 atom stereocenters. The number of nitrogens with two attached hydrogens (primary N) is 1. The van der Waals surface area contributed by atoms with Crippen molar-refractivity contribution in [2.24, 2.45) is 0 Å². The van der Waals surface area contributed by atoms with Gasteiger partial charge in [-0.25, -0.2) is 9.37 Å². The molecule has 88 valence electrons. The van der Waals surface area contributed by atoms with E-state index >= 15 is 0 Å². The van der Waals surface area contributed by atoms with Crippen molar-refractivity contribution in [3.8, 4) is 0 Å². The van der Waals surface area contributed by atoms with E-state index in [4.69, 9.17) is 5.73 Å². The lowest BCUT2D eigenvalue weighted by Crippen LogP contribution is -2.03. The van der Waals surface area contributed by atoms with Crippen molar-refractivity contribution in [1.29, 1.82) is 0 Å². The largest absolute Gasteiger partial charge is 0.368 e. The normalized spacial score (nSPS) is 10.2. The van der Waals surface area contributed by atoms with E-state index in [1.165, 1.54) is 0 Å². The molecular formula is C12H13FN4. The number of nitrogens with zero attached hydrogens (tertiary/aromatic N) is 2. The van der Waals surface area contributed by atoms with Crippen molar-refractivity contribution >= 4 is 17.5 Å². The van der Waals surface area contributed by atoms with Crippen molar-refractivity contribution in [2.45, 2.75) is 13.3 Å². The molecule has 1 aromatic heterocycles. The van der Waals surface area contributed by atoms with Crippen LogP contribution in [0.25, 0.3) is 0 Å². The fraction of sp³-hybridized carbons (Fsp3) is 0.167. The average molecular weight is 232 g/mol. The number of hydrogen-bond donors (Lipinski definition) is 2. The van der Waals surface area contributed by atoms with Crippen LogP contribution in [0.4, 0.5) is 21.8 Å². The van der Waals surface area contributed by atoms with Gasteiger partial charge in [0.25, 0.3) is 0 Å². The average Bonchev–Trinajstić information content (AvgIpc) is 2.34. The Balaban J connectivity index is 2.34. The first-order valence-corrected chi connectivity index (χ1v) is 5.33. The molecule has 0 unspecified atom stereocenters. The maximum absolute atomic E-state index is 13.4. The Morgan fingerprint density at radius 3 is 2.88 bits per heavy atom. The van der Waals surface area contributed by atoms with Gasteiger partial charge in [0, 0.05) is 5.69 Å². The lowest BCUT2D eigenvalue weighted by molar-refractivity contribution is 0.620. The predicted molar refractivity (Wildman–Crippen MR) is 65.5 cm³/mol. The summed E-state index contributed by atoms with van der Waals surface area (Å²) < 4.78 is 13.4. The van der Waals surface area contributed by atoms with Crippen molar-refractivity contribution in [3.63, 3.8) is 0 Å². The highest BCUT2D eigenvalue weighted by atomic mass is 19.1. The molecule has 4 nitrogen and oxygen atoms in total. The molecule has 0 saturated carbocycles. The van der Waals surface area contributed by atoms with Gasteiger partial charge in [-0.3, -0.25) is 0 Å². The number of anilines is 3. The van der Waals surface area contributed by atoms with Gasteiger partial charge < -0.3 is 11.1 Å². The van der Waals surface area contributed by atoms with Gasteiger partial charge in [0.15, 0.2) is 11.6 Å². The van der Waals surface area contributed by atoms with Crippen LogP contribution in [0, 0.1) is 5.82 Å². The number of nitrogen functional groups attached to an aromatic ring is 1. The van der Waals surface area contributed by atoms with Gasteiger partial charge in [0.1, 0.15) is 0 Å². The van der Waals surface area contributed by atoms with Crippen molar-refractivity contribution in [2.75, 3.05) is 11.1 Å². The first-order chi connectivity index (χ1) is 8.20. The first-order valence-electron chi connectivity index (χ1n) is 5.33. The second kappa shape index (κ2) is 4.78. The summed E-state index contributed by atoms with van der Waals surface area (Å²) in [6, 6.07) is 7.67. The highest BCUT2D eigenvalue weighted by Crippen LogP contribution is 2.21. The van der Waals surface area contributed by atoms with Gasteiger partial charge in [-0.15, -0.1) is 0 Å². The molecule has 0 bridgehead atoms. The maximum Gasteiger partial charge on any atom is 0.222 e. The van der Waals surface area contributed by atoms with Crippen LogP contribution in [0.5, 0.6) is 0 Å². The molecule has 0 amide bonds. The van der Waals surface area contributed by atoms with E-state index in [-0.39, 0.29) is 11.8 Å². The summed E-state index contributed by atoms with van der Waals surface area (Å²) in [4.78, 5) is 7.40. The van der Waals surface area contributed by atoms with Crippen LogP contribution in [0.2, 0.25) is 0 Å². The summed E-state index contributed by atoms with van der Waals surface area (Å²) in [6.45, 7) is 2.03. The Hall–Kier alpha value is -2.17. The molecule has 0 aliphatic heterocycles. The number of nitrogens with one attached hydrogen (secondary N) is 1. The lowest BCUT2D eigenvalue weighted by Gasteiger charge is -2.10. The molecule has 0 saturated heterocycles.